The maximum absolute atomic E-state index is 12.1. The van der Waals surface area contributed by atoms with Crippen molar-refractivity contribution in [3.8, 4) is 16.9 Å². The first-order valence-electron chi connectivity index (χ1n) is 9.01. The predicted molar refractivity (Wildman–Crippen MR) is 124 cm³/mol. The second-order valence-corrected chi connectivity index (χ2v) is 8.23. The first kappa shape index (κ1) is 21.3. The van der Waals surface area contributed by atoms with Crippen molar-refractivity contribution in [3.63, 3.8) is 0 Å². The van der Waals surface area contributed by atoms with Gasteiger partial charge in [0.15, 0.2) is 6.61 Å². The number of benzene rings is 3. The Bertz CT molecular complexity index is 1010. The highest BCUT2D eigenvalue weighted by Crippen LogP contribution is 2.34. The van der Waals surface area contributed by atoms with E-state index in [0.717, 1.165) is 36.9 Å². The zero-order valence-corrected chi connectivity index (χ0v) is 19.2. The van der Waals surface area contributed by atoms with Gasteiger partial charge in [0.2, 0.25) is 0 Å². The van der Waals surface area contributed by atoms with Crippen LogP contribution in [0.1, 0.15) is 18.1 Å². The summed E-state index contributed by atoms with van der Waals surface area (Å²) in [5.41, 5.74) is 7.57. The van der Waals surface area contributed by atoms with E-state index in [2.05, 4.69) is 54.5 Å². The highest BCUT2D eigenvalue weighted by molar-refractivity contribution is 9.11. The molecule has 6 heteroatoms. The predicted octanol–water partition coefficient (Wildman–Crippen LogP) is 6.11. The standard InChI is InChI=1S/C23H20Br2N2O2/c1-15-12-20(24)23(21(25)13-15)29-14-22(28)27-26-16(2)17-8-10-19(11-9-17)18-6-4-3-5-7-18/h3-13H,14H2,1-2H3,(H,27,28). The molecular weight excluding hydrogens is 496 g/mol. The number of hydrogen-bond acceptors (Lipinski definition) is 3. The lowest BCUT2D eigenvalue weighted by molar-refractivity contribution is -0.123. The van der Waals surface area contributed by atoms with Crippen LogP contribution in [0.15, 0.2) is 80.8 Å². The number of halogens is 2. The van der Waals surface area contributed by atoms with E-state index in [1.807, 2.05) is 68.4 Å². The van der Waals surface area contributed by atoms with Gasteiger partial charge in [-0.3, -0.25) is 4.79 Å². The summed E-state index contributed by atoms with van der Waals surface area (Å²) in [7, 11) is 0. The second kappa shape index (κ2) is 9.85. The van der Waals surface area contributed by atoms with Crippen molar-refractivity contribution in [3.05, 3.63) is 86.8 Å². The Morgan fingerprint density at radius 3 is 2.17 bits per heavy atom. The number of nitrogens with one attached hydrogen (secondary N) is 1. The van der Waals surface area contributed by atoms with Crippen LogP contribution < -0.4 is 10.2 Å². The van der Waals surface area contributed by atoms with Crippen LogP contribution in [0.3, 0.4) is 0 Å². The van der Waals surface area contributed by atoms with E-state index in [1.54, 1.807) is 0 Å². The zero-order valence-electron chi connectivity index (χ0n) is 16.1. The number of carbonyl (C=O) groups excluding carboxylic acids is 1. The van der Waals surface area contributed by atoms with Crippen LogP contribution in [0.25, 0.3) is 11.1 Å². The molecule has 0 fully saturated rings. The molecule has 0 heterocycles. The van der Waals surface area contributed by atoms with Gasteiger partial charge in [0.05, 0.1) is 14.7 Å². The largest absolute Gasteiger partial charge is 0.481 e. The van der Waals surface area contributed by atoms with Gasteiger partial charge >= 0.3 is 0 Å². The minimum absolute atomic E-state index is 0.135. The summed E-state index contributed by atoms with van der Waals surface area (Å²) in [6.45, 7) is 3.70. The number of amides is 1. The number of carbonyl (C=O) groups is 1. The molecule has 0 spiro atoms. The Kier molecular flexibility index (Phi) is 7.23. The molecule has 4 nitrogen and oxygen atoms in total. The summed E-state index contributed by atoms with van der Waals surface area (Å²) in [5.74, 6) is 0.257. The molecule has 0 unspecified atom stereocenters. The molecular formula is C23H20Br2N2O2. The van der Waals surface area contributed by atoms with Crippen molar-refractivity contribution in [2.24, 2.45) is 5.10 Å². The third-order valence-corrected chi connectivity index (χ3v) is 5.43. The van der Waals surface area contributed by atoms with E-state index in [1.165, 1.54) is 0 Å². The fraction of sp³-hybridized carbons (Fsp3) is 0.130. The topological polar surface area (TPSA) is 50.7 Å². The van der Waals surface area contributed by atoms with Gasteiger partial charge in [-0.15, -0.1) is 0 Å². The van der Waals surface area contributed by atoms with Crippen molar-refractivity contribution in [1.82, 2.24) is 5.43 Å². The summed E-state index contributed by atoms with van der Waals surface area (Å²) in [4.78, 5) is 12.1. The molecule has 148 valence electrons. The molecule has 0 aliphatic rings. The monoisotopic (exact) mass is 514 g/mol. The Labute approximate surface area is 187 Å². The minimum Gasteiger partial charge on any atom is -0.481 e. The first-order valence-corrected chi connectivity index (χ1v) is 10.6. The van der Waals surface area contributed by atoms with E-state index in [0.29, 0.717) is 5.75 Å². The van der Waals surface area contributed by atoms with Gasteiger partial charge in [-0.25, -0.2) is 5.43 Å². The molecule has 0 saturated heterocycles. The molecule has 0 radical (unpaired) electrons. The summed E-state index contributed by atoms with van der Waals surface area (Å²) in [5, 5.41) is 4.18. The lowest BCUT2D eigenvalue weighted by Gasteiger charge is -2.10. The average Bonchev–Trinajstić information content (AvgIpc) is 2.72. The van der Waals surface area contributed by atoms with E-state index in [4.69, 9.17) is 4.74 Å². The van der Waals surface area contributed by atoms with E-state index >= 15 is 0 Å². The van der Waals surface area contributed by atoms with Crippen LogP contribution in [-0.2, 0) is 4.79 Å². The Hall–Kier alpha value is -2.44. The van der Waals surface area contributed by atoms with Crippen molar-refractivity contribution in [1.29, 1.82) is 0 Å². The number of rotatable bonds is 6. The number of hydrogen-bond donors (Lipinski definition) is 1. The quantitative estimate of drug-likeness (QED) is 0.318. The Morgan fingerprint density at radius 2 is 1.55 bits per heavy atom. The molecule has 1 amide bonds. The number of aryl methyl sites for hydroxylation is 1. The summed E-state index contributed by atoms with van der Waals surface area (Å²) in [6, 6.07) is 22.1. The molecule has 3 aromatic carbocycles. The van der Waals surface area contributed by atoms with Crippen molar-refractivity contribution < 1.29 is 9.53 Å². The molecule has 0 saturated carbocycles. The highest BCUT2D eigenvalue weighted by atomic mass is 79.9. The van der Waals surface area contributed by atoms with E-state index < -0.39 is 0 Å². The van der Waals surface area contributed by atoms with Crippen molar-refractivity contribution >= 4 is 43.5 Å². The van der Waals surface area contributed by atoms with Crippen LogP contribution in [0, 0.1) is 6.92 Å². The number of ether oxygens (including phenoxy) is 1. The molecule has 0 aliphatic carbocycles. The van der Waals surface area contributed by atoms with Crippen molar-refractivity contribution in [2.45, 2.75) is 13.8 Å². The van der Waals surface area contributed by atoms with Gasteiger partial charge in [-0.05, 0) is 80.1 Å². The Morgan fingerprint density at radius 1 is 0.966 bits per heavy atom. The van der Waals surface area contributed by atoms with Crippen LogP contribution >= 0.6 is 31.9 Å². The molecule has 3 rings (SSSR count). The van der Waals surface area contributed by atoms with Crippen LogP contribution in [0.2, 0.25) is 0 Å². The SMILES string of the molecule is CC(=NNC(=O)COc1c(Br)cc(C)cc1Br)c1ccc(-c2ccccc2)cc1. The second-order valence-electron chi connectivity index (χ2n) is 6.52. The minimum atomic E-state index is -0.329. The fourth-order valence-electron chi connectivity index (χ4n) is 2.74. The maximum atomic E-state index is 12.1. The lowest BCUT2D eigenvalue weighted by Crippen LogP contribution is -2.25. The molecule has 3 aromatic rings. The van der Waals surface area contributed by atoms with Gasteiger partial charge < -0.3 is 4.74 Å². The van der Waals surface area contributed by atoms with Crippen molar-refractivity contribution in [2.75, 3.05) is 6.61 Å². The highest BCUT2D eigenvalue weighted by Gasteiger charge is 2.10. The zero-order chi connectivity index (χ0) is 20.8. The van der Waals surface area contributed by atoms with Gasteiger partial charge in [0.1, 0.15) is 5.75 Å². The van der Waals surface area contributed by atoms with Crippen LogP contribution in [0.5, 0.6) is 5.75 Å². The Balaban J connectivity index is 1.59. The van der Waals surface area contributed by atoms with Gasteiger partial charge in [0, 0.05) is 0 Å². The molecule has 0 aliphatic heterocycles. The molecule has 0 aromatic heterocycles. The van der Waals surface area contributed by atoms with Crippen LogP contribution in [-0.4, -0.2) is 18.2 Å². The maximum Gasteiger partial charge on any atom is 0.277 e. The number of hydrazone groups is 1. The normalized spacial score (nSPS) is 11.2. The van der Waals surface area contributed by atoms with E-state index in [9.17, 15) is 4.79 Å². The summed E-state index contributed by atoms with van der Waals surface area (Å²) >= 11 is 6.90. The third-order valence-electron chi connectivity index (χ3n) is 4.25. The van der Waals surface area contributed by atoms with Gasteiger partial charge in [-0.2, -0.15) is 5.10 Å². The summed E-state index contributed by atoms with van der Waals surface area (Å²) < 4.78 is 7.19. The van der Waals surface area contributed by atoms with E-state index in [-0.39, 0.29) is 12.5 Å². The molecule has 1 N–H and O–H groups in total. The van der Waals surface area contributed by atoms with Crippen LogP contribution in [0.4, 0.5) is 0 Å². The average molecular weight is 516 g/mol. The molecule has 0 atom stereocenters. The smallest absolute Gasteiger partial charge is 0.277 e. The lowest BCUT2D eigenvalue weighted by atomic mass is 10.0. The fourth-order valence-corrected chi connectivity index (χ4v) is 4.38. The molecule has 29 heavy (non-hydrogen) atoms. The molecule has 0 bridgehead atoms. The van der Waals surface area contributed by atoms with Gasteiger partial charge in [0.25, 0.3) is 5.91 Å². The van der Waals surface area contributed by atoms with Gasteiger partial charge in [-0.1, -0.05) is 54.6 Å². The summed E-state index contributed by atoms with van der Waals surface area (Å²) in [6.07, 6.45) is 0. The third kappa shape index (κ3) is 5.78. The first-order chi connectivity index (χ1) is 13.9. The number of nitrogens with zero attached hydrogens (tertiary/aromatic N) is 1.